The number of Topliss-reactive ketones (excluding diaryl/α,β-unsaturated/α-hetero) is 1. The highest BCUT2D eigenvalue weighted by molar-refractivity contribution is 6.08. The number of aryl methyl sites for hydroxylation is 1. The highest BCUT2D eigenvalue weighted by Gasteiger charge is 2.25. The number of rotatable bonds is 6. The molecule has 1 saturated heterocycles. The van der Waals surface area contributed by atoms with Crippen molar-refractivity contribution in [3.8, 4) is 0 Å². The molecule has 2 heterocycles. The molecule has 158 valence electrons. The third-order valence-electron chi connectivity index (χ3n) is 6.56. The first-order valence-electron chi connectivity index (χ1n) is 10.7. The maximum Gasteiger partial charge on any atom is 0.165 e. The molecule has 1 atom stereocenters. The molecule has 2 aromatic carbocycles. The van der Waals surface area contributed by atoms with Crippen molar-refractivity contribution in [3.63, 3.8) is 0 Å². The van der Waals surface area contributed by atoms with Gasteiger partial charge in [0, 0.05) is 42.2 Å². The van der Waals surface area contributed by atoms with Crippen LogP contribution in [0.4, 0.5) is 8.78 Å². The molecule has 4 rings (SSSR count). The first kappa shape index (κ1) is 20.7. The Balaban J connectivity index is 1.33. The molecule has 5 heteroatoms. The summed E-state index contributed by atoms with van der Waals surface area (Å²) in [7, 11) is 1.88. The van der Waals surface area contributed by atoms with E-state index in [0.717, 1.165) is 43.4 Å². The van der Waals surface area contributed by atoms with Gasteiger partial charge in [0.25, 0.3) is 0 Å². The Bertz CT molecular complexity index is 1050. The number of piperidine rings is 1. The van der Waals surface area contributed by atoms with Gasteiger partial charge in [-0.25, -0.2) is 8.78 Å². The summed E-state index contributed by atoms with van der Waals surface area (Å²) >= 11 is 0. The molecule has 0 saturated carbocycles. The Kier molecular flexibility index (Phi) is 6.00. The first-order chi connectivity index (χ1) is 14.4. The molecule has 3 aromatic rings. The molecule has 0 N–H and O–H groups in total. The monoisotopic (exact) mass is 410 g/mol. The molecule has 1 aliphatic rings. The molecule has 1 aromatic heterocycles. The second kappa shape index (κ2) is 8.68. The van der Waals surface area contributed by atoms with Gasteiger partial charge in [0.15, 0.2) is 5.78 Å². The topological polar surface area (TPSA) is 25.2 Å². The van der Waals surface area contributed by atoms with Crippen molar-refractivity contribution in [2.75, 3.05) is 13.1 Å². The van der Waals surface area contributed by atoms with Gasteiger partial charge in [-0.3, -0.25) is 9.69 Å². The number of carbonyl (C=O) groups is 1. The zero-order valence-corrected chi connectivity index (χ0v) is 17.6. The van der Waals surface area contributed by atoms with E-state index in [2.05, 4.69) is 11.8 Å². The highest BCUT2D eigenvalue weighted by atomic mass is 19.1. The lowest BCUT2D eigenvalue weighted by atomic mass is 9.89. The molecule has 3 nitrogen and oxygen atoms in total. The second-order valence-corrected chi connectivity index (χ2v) is 8.49. The van der Waals surface area contributed by atoms with Crippen LogP contribution in [0, 0.1) is 17.6 Å². The summed E-state index contributed by atoms with van der Waals surface area (Å²) in [6.45, 7) is 4.03. The van der Waals surface area contributed by atoms with Crippen molar-refractivity contribution in [2.45, 2.75) is 38.6 Å². The Morgan fingerprint density at radius 2 is 1.83 bits per heavy atom. The standard InChI is InChI=1S/C25H28F2N2O/c1-17(19-4-3-5-20(26)14-19)29-12-10-18(11-13-29)6-9-25(30)23-16-28(2)24-8-7-21(27)15-22(23)24/h3-5,7-8,14-18H,6,9-13H2,1-2H3. The minimum Gasteiger partial charge on any atom is -0.350 e. The summed E-state index contributed by atoms with van der Waals surface area (Å²) in [5.74, 6) is 0.0852. The van der Waals surface area contributed by atoms with Crippen LogP contribution in [-0.4, -0.2) is 28.3 Å². The summed E-state index contributed by atoms with van der Waals surface area (Å²) in [6, 6.07) is 11.6. The maximum absolute atomic E-state index is 13.7. The summed E-state index contributed by atoms with van der Waals surface area (Å²) in [4.78, 5) is 15.2. The smallest absolute Gasteiger partial charge is 0.165 e. The minimum atomic E-state index is -0.317. The molecule has 0 radical (unpaired) electrons. The van der Waals surface area contributed by atoms with E-state index in [1.165, 1.54) is 18.2 Å². The average Bonchev–Trinajstić information content (AvgIpc) is 3.07. The predicted molar refractivity (Wildman–Crippen MR) is 116 cm³/mol. The minimum absolute atomic E-state index is 0.0850. The van der Waals surface area contributed by atoms with Crippen LogP contribution in [0.3, 0.4) is 0 Å². The number of hydrogen-bond donors (Lipinski definition) is 0. The van der Waals surface area contributed by atoms with E-state index in [1.54, 1.807) is 18.2 Å². The molecule has 0 amide bonds. The van der Waals surface area contributed by atoms with Crippen LogP contribution in [0.2, 0.25) is 0 Å². The molecule has 1 unspecified atom stereocenters. The molecule has 0 bridgehead atoms. The van der Waals surface area contributed by atoms with Crippen LogP contribution in [0.25, 0.3) is 10.9 Å². The van der Waals surface area contributed by atoms with Gasteiger partial charge in [-0.2, -0.15) is 0 Å². The average molecular weight is 411 g/mol. The maximum atomic E-state index is 13.7. The van der Waals surface area contributed by atoms with Crippen molar-refractivity contribution < 1.29 is 13.6 Å². The zero-order chi connectivity index (χ0) is 21.3. The number of carbonyl (C=O) groups excluding carboxylic acids is 1. The fourth-order valence-electron chi connectivity index (χ4n) is 4.66. The Hall–Kier alpha value is -2.53. The van der Waals surface area contributed by atoms with Crippen molar-refractivity contribution in [3.05, 3.63) is 71.4 Å². The van der Waals surface area contributed by atoms with Gasteiger partial charge in [-0.05, 0) is 81.1 Å². The lowest BCUT2D eigenvalue weighted by Crippen LogP contribution is -2.35. The van der Waals surface area contributed by atoms with Gasteiger partial charge in [-0.15, -0.1) is 0 Å². The van der Waals surface area contributed by atoms with Crippen molar-refractivity contribution in [1.29, 1.82) is 0 Å². The lowest BCUT2D eigenvalue weighted by Gasteiger charge is -2.36. The highest BCUT2D eigenvalue weighted by Crippen LogP contribution is 2.30. The van der Waals surface area contributed by atoms with Crippen LogP contribution >= 0.6 is 0 Å². The Morgan fingerprint density at radius 3 is 2.57 bits per heavy atom. The normalized spacial score (nSPS) is 16.8. The van der Waals surface area contributed by atoms with Gasteiger partial charge < -0.3 is 4.57 Å². The molecule has 0 aliphatic carbocycles. The van der Waals surface area contributed by atoms with Crippen LogP contribution < -0.4 is 0 Å². The number of aromatic nitrogens is 1. The number of nitrogens with zero attached hydrogens (tertiary/aromatic N) is 2. The van der Waals surface area contributed by atoms with Crippen LogP contribution in [0.15, 0.2) is 48.7 Å². The van der Waals surface area contributed by atoms with Crippen molar-refractivity contribution >= 4 is 16.7 Å². The van der Waals surface area contributed by atoms with Gasteiger partial charge in [0.2, 0.25) is 0 Å². The van der Waals surface area contributed by atoms with Gasteiger partial charge in [-0.1, -0.05) is 12.1 Å². The van der Waals surface area contributed by atoms with Gasteiger partial charge in [0.05, 0.1) is 0 Å². The van der Waals surface area contributed by atoms with Gasteiger partial charge in [0.1, 0.15) is 11.6 Å². The summed E-state index contributed by atoms with van der Waals surface area (Å²) in [6.07, 6.45) is 5.23. The number of hydrogen-bond acceptors (Lipinski definition) is 2. The quantitative estimate of drug-likeness (QED) is 0.473. The predicted octanol–water partition coefficient (Wildman–Crippen LogP) is 5.89. The summed E-state index contributed by atoms with van der Waals surface area (Å²) < 4.78 is 29.1. The largest absolute Gasteiger partial charge is 0.350 e. The fraction of sp³-hybridized carbons (Fsp3) is 0.400. The number of benzene rings is 2. The summed E-state index contributed by atoms with van der Waals surface area (Å²) in [5.41, 5.74) is 2.50. The number of likely N-dealkylation sites (tertiary alicyclic amines) is 1. The van der Waals surface area contributed by atoms with Gasteiger partial charge >= 0.3 is 0 Å². The fourth-order valence-corrected chi connectivity index (χ4v) is 4.66. The van der Waals surface area contributed by atoms with Crippen molar-refractivity contribution in [2.24, 2.45) is 13.0 Å². The van der Waals surface area contributed by atoms with E-state index >= 15 is 0 Å². The van der Waals surface area contributed by atoms with E-state index in [4.69, 9.17) is 0 Å². The van der Waals surface area contributed by atoms with Crippen LogP contribution in [-0.2, 0) is 7.05 Å². The van der Waals surface area contributed by atoms with E-state index in [1.807, 2.05) is 23.9 Å². The number of halogens is 2. The van der Waals surface area contributed by atoms with Crippen LogP contribution in [0.1, 0.15) is 54.6 Å². The second-order valence-electron chi connectivity index (χ2n) is 8.49. The SMILES string of the molecule is CC(c1cccc(F)c1)N1CCC(CCC(=O)c2cn(C)c3ccc(F)cc23)CC1. The van der Waals surface area contributed by atoms with E-state index in [-0.39, 0.29) is 23.5 Å². The molecule has 1 aliphatic heterocycles. The molecule has 1 fully saturated rings. The van der Waals surface area contributed by atoms with E-state index in [9.17, 15) is 13.6 Å². The van der Waals surface area contributed by atoms with Crippen molar-refractivity contribution in [1.82, 2.24) is 9.47 Å². The molecule has 30 heavy (non-hydrogen) atoms. The van der Waals surface area contributed by atoms with E-state index in [0.29, 0.717) is 23.3 Å². The zero-order valence-electron chi connectivity index (χ0n) is 17.6. The van der Waals surface area contributed by atoms with E-state index < -0.39 is 0 Å². The Morgan fingerprint density at radius 1 is 1.10 bits per heavy atom. The molecular weight excluding hydrogens is 382 g/mol. The number of ketones is 1. The molecular formula is C25H28F2N2O. The number of fused-ring (bicyclic) bond motifs is 1. The Labute approximate surface area is 176 Å². The molecule has 0 spiro atoms. The third kappa shape index (κ3) is 4.31. The lowest BCUT2D eigenvalue weighted by molar-refractivity contribution is 0.0953. The first-order valence-corrected chi connectivity index (χ1v) is 10.7. The summed E-state index contributed by atoms with van der Waals surface area (Å²) in [5, 5.41) is 0.696. The van der Waals surface area contributed by atoms with Crippen LogP contribution in [0.5, 0.6) is 0 Å². The third-order valence-corrected chi connectivity index (χ3v) is 6.56.